The highest BCUT2D eigenvalue weighted by atomic mass is 19.1. The van der Waals surface area contributed by atoms with Gasteiger partial charge in [-0.15, -0.1) is 0 Å². The highest BCUT2D eigenvalue weighted by Gasteiger charge is 2.14. The van der Waals surface area contributed by atoms with Gasteiger partial charge < -0.3 is 10.4 Å². The number of carbonyl (C=O) groups is 1. The number of rotatable bonds is 2. The number of para-hydroxylation sites is 1. The Bertz CT molecular complexity index is 638. The maximum atomic E-state index is 13.5. The fourth-order valence-electron chi connectivity index (χ4n) is 1.77. The summed E-state index contributed by atoms with van der Waals surface area (Å²) < 4.78 is 13.5. The lowest BCUT2D eigenvalue weighted by atomic mass is 10.1. The van der Waals surface area contributed by atoms with Gasteiger partial charge in [0.2, 0.25) is 0 Å². The number of amides is 1. The third kappa shape index (κ3) is 2.73. The van der Waals surface area contributed by atoms with Crippen LogP contribution in [0.15, 0.2) is 36.4 Å². The first-order valence-corrected chi connectivity index (χ1v) is 5.85. The van der Waals surface area contributed by atoms with Crippen LogP contribution >= 0.6 is 0 Å². The van der Waals surface area contributed by atoms with E-state index in [0.29, 0.717) is 5.56 Å². The number of hydrogen-bond acceptors (Lipinski definition) is 2. The first-order chi connectivity index (χ1) is 8.99. The molecule has 2 aromatic carbocycles. The molecule has 2 aromatic rings. The summed E-state index contributed by atoms with van der Waals surface area (Å²) in [5.74, 6) is -1.13. The average molecular weight is 259 g/mol. The Hall–Kier alpha value is -2.36. The van der Waals surface area contributed by atoms with Crippen LogP contribution in [-0.2, 0) is 0 Å². The molecule has 0 heterocycles. The quantitative estimate of drug-likeness (QED) is 0.868. The van der Waals surface area contributed by atoms with Crippen LogP contribution < -0.4 is 5.32 Å². The van der Waals surface area contributed by atoms with Crippen LogP contribution in [0.5, 0.6) is 5.75 Å². The fourth-order valence-corrected chi connectivity index (χ4v) is 1.77. The van der Waals surface area contributed by atoms with Crippen LogP contribution in [0.4, 0.5) is 10.1 Å². The van der Waals surface area contributed by atoms with Gasteiger partial charge in [-0.3, -0.25) is 4.79 Å². The summed E-state index contributed by atoms with van der Waals surface area (Å²) in [6, 6.07) is 9.30. The minimum atomic E-state index is -0.536. The number of aryl methyl sites for hydroxylation is 2. The summed E-state index contributed by atoms with van der Waals surface area (Å²) in [5, 5.41) is 12.3. The fraction of sp³-hybridized carbons (Fsp3) is 0.133. The number of aromatic hydroxyl groups is 1. The summed E-state index contributed by atoms with van der Waals surface area (Å²) in [5.41, 5.74) is 1.66. The van der Waals surface area contributed by atoms with Crippen molar-refractivity contribution in [3.8, 4) is 5.75 Å². The molecule has 2 rings (SSSR count). The second kappa shape index (κ2) is 5.10. The van der Waals surface area contributed by atoms with E-state index in [1.807, 2.05) is 0 Å². The number of halogens is 1. The Morgan fingerprint density at radius 1 is 1.21 bits per heavy atom. The molecule has 0 fully saturated rings. The van der Waals surface area contributed by atoms with Crippen molar-refractivity contribution in [3.05, 3.63) is 58.9 Å². The maximum Gasteiger partial charge on any atom is 0.259 e. The standard InChI is InChI=1S/C15H14FNO2/c1-9-6-7-12(16)13(8-9)17-15(19)11-5-3-4-10(2)14(11)18/h3-8,18H,1-2H3,(H,17,19). The van der Waals surface area contributed by atoms with E-state index < -0.39 is 11.7 Å². The first kappa shape index (κ1) is 13.1. The average Bonchev–Trinajstić information content (AvgIpc) is 2.37. The van der Waals surface area contributed by atoms with E-state index in [2.05, 4.69) is 5.32 Å². The van der Waals surface area contributed by atoms with Gasteiger partial charge in [0.25, 0.3) is 5.91 Å². The molecule has 0 saturated heterocycles. The molecule has 2 N–H and O–H groups in total. The number of anilines is 1. The zero-order valence-electron chi connectivity index (χ0n) is 10.7. The number of phenolic OH excluding ortho intramolecular Hbond substituents is 1. The van der Waals surface area contributed by atoms with Crippen molar-refractivity contribution in [3.63, 3.8) is 0 Å². The molecular weight excluding hydrogens is 245 g/mol. The number of carbonyl (C=O) groups excluding carboxylic acids is 1. The van der Waals surface area contributed by atoms with Crippen molar-refractivity contribution in [1.82, 2.24) is 0 Å². The van der Waals surface area contributed by atoms with Gasteiger partial charge in [-0.05, 0) is 43.2 Å². The van der Waals surface area contributed by atoms with Gasteiger partial charge in [-0.25, -0.2) is 4.39 Å². The maximum absolute atomic E-state index is 13.5. The van der Waals surface area contributed by atoms with Gasteiger partial charge in [0.15, 0.2) is 0 Å². The molecule has 19 heavy (non-hydrogen) atoms. The summed E-state index contributed by atoms with van der Waals surface area (Å²) in [4.78, 5) is 12.0. The highest BCUT2D eigenvalue weighted by Crippen LogP contribution is 2.23. The van der Waals surface area contributed by atoms with Crippen molar-refractivity contribution in [2.75, 3.05) is 5.32 Å². The second-order valence-electron chi connectivity index (χ2n) is 4.41. The van der Waals surface area contributed by atoms with Crippen LogP contribution in [0, 0.1) is 19.7 Å². The topological polar surface area (TPSA) is 49.3 Å². The summed E-state index contributed by atoms with van der Waals surface area (Å²) in [6.07, 6.45) is 0. The Balaban J connectivity index is 2.31. The van der Waals surface area contributed by atoms with Gasteiger partial charge in [0, 0.05) is 0 Å². The predicted molar refractivity (Wildman–Crippen MR) is 71.9 cm³/mol. The molecule has 0 aromatic heterocycles. The van der Waals surface area contributed by atoms with Gasteiger partial charge in [0.05, 0.1) is 11.3 Å². The largest absolute Gasteiger partial charge is 0.507 e. The van der Waals surface area contributed by atoms with E-state index in [-0.39, 0.29) is 17.0 Å². The Kier molecular flexibility index (Phi) is 3.51. The van der Waals surface area contributed by atoms with Gasteiger partial charge in [0.1, 0.15) is 11.6 Å². The molecule has 1 amide bonds. The summed E-state index contributed by atoms with van der Waals surface area (Å²) in [7, 11) is 0. The Morgan fingerprint density at radius 2 is 1.95 bits per heavy atom. The van der Waals surface area contributed by atoms with Crippen molar-refractivity contribution < 1.29 is 14.3 Å². The summed E-state index contributed by atoms with van der Waals surface area (Å²) >= 11 is 0. The highest BCUT2D eigenvalue weighted by molar-refractivity contribution is 6.06. The summed E-state index contributed by atoms with van der Waals surface area (Å²) in [6.45, 7) is 3.50. The monoisotopic (exact) mass is 259 g/mol. The minimum absolute atomic E-state index is 0.0898. The molecular formula is C15H14FNO2. The lowest BCUT2D eigenvalue weighted by Gasteiger charge is -2.09. The van der Waals surface area contributed by atoms with Crippen LogP contribution in [0.1, 0.15) is 21.5 Å². The molecule has 0 aliphatic rings. The molecule has 0 bridgehead atoms. The molecule has 4 heteroatoms. The number of phenols is 1. The molecule has 0 unspecified atom stereocenters. The molecule has 0 radical (unpaired) electrons. The van der Waals surface area contributed by atoms with Crippen LogP contribution in [-0.4, -0.2) is 11.0 Å². The minimum Gasteiger partial charge on any atom is -0.507 e. The third-order valence-electron chi connectivity index (χ3n) is 2.85. The van der Waals surface area contributed by atoms with Crippen LogP contribution in [0.2, 0.25) is 0 Å². The van der Waals surface area contributed by atoms with E-state index in [4.69, 9.17) is 0 Å². The third-order valence-corrected chi connectivity index (χ3v) is 2.85. The molecule has 0 atom stereocenters. The number of nitrogens with one attached hydrogen (secondary N) is 1. The molecule has 3 nitrogen and oxygen atoms in total. The molecule has 0 spiro atoms. The number of hydrogen-bond donors (Lipinski definition) is 2. The number of benzene rings is 2. The van der Waals surface area contributed by atoms with E-state index in [1.165, 1.54) is 12.1 Å². The van der Waals surface area contributed by atoms with Crippen molar-refractivity contribution in [1.29, 1.82) is 0 Å². The van der Waals surface area contributed by atoms with Crippen molar-refractivity contribution in [2.24, 2.45) is 0 Å². The smallest absolute Gasteiger partial charge is 0.259 e. The SMILES string of the molecule is Cc1ccc(F)c(NC(=O)c2cccc(C)c2O)c1. The van der Waals surface area contributed by atoms with E-state index in [0.717, 1.165) is 5.56 Å². The normalized spacial score (nSPS) is 10.3. The van der Waals surface area contributed by atoms with Gasteiger partial charge in [-0.1, -0.05) is 18.2 Å². The lowest BCUT2D eigenvalue weighted by molar-refractivity contribution is 0.102. The van der Waals surface area contributed by atoms with Gasteiger partial charge in [-0.2, -0.15) is 0 Å². The molecule has 0 aliphatic heterocycles. The first-order valence-electron chi connectivity index (χ1n) is 5.85. The van der Waals surface area contributed by atoms with E-state index in [9.17, 15) is 14.3 Å². The lowest BCUT2D eigenvalue weighted by Crippen LogP contribution is -2.13. The zero-order chi connectivity index (χ0) is 14.0. The van der Waals surface area contributed by atoms with Crippen LogP contribution in [0.25, 0.3) is 0 Å². The van der Waals surface area contributed by atoms with Gasteiger partial charge >= 0.3 is 0 Å². The van der Waals surface area contributed by atoms with E-state index >= 15 is 0 Å². The van der Waals surface area contributed by atoms with E-state index in [1.54, 1.807) is 38.1 Å². The molecule has 0 aliphatic carbocycles. The Morgan fingerprint density at radius 3 is 2.68 bits per heavy atom. The second-order valence-corrected chi connectivity index (χ2v) is 4.41. The van der Waals surface area contributed by atoms with Crippen molar-refractivity contribution in [2.45, 2.75) is 13.8 Å². The van der Waals surface area contributed by atoms with Crippen molar-refractivity contribution >= 4 is 11.6 Å². The Labute approximate surface area is 110 Å². The molecule has 98 valence electrons. The molecule has 0 saturated carbocycles. The predicted octanol–water partition coefficient (Wildman–Crippen LogP) is 3.40. The zero-order valence-corrected chi connectivity index (χ0v) is 10.7. The van der Waals surface area contributed by atoms with Crippen LogP contribution in [0.3, 0.4) is 0 Å².